The molecule has 0 amide bonds. The first-order valence-electron chi connectivity index (χ1n) is 11.6. The van der Waals surface area contributed by atoms with Gasteiger partial charge in [0.25, 0.3) is 0 Å². The molecule has 0 spiro atoms. The molecule has 156 valence electrons. The molecule has 0 heterocycles. The Morgan fingerprint density at radius 1 is 0.500 bits per heavy atom. The average molecular weight is 381 g/mol. The molecule has 0 heteroatoms. The molecule has 0 saturated carbocycles. The Labute approximate surface area is 175 Å². The van der Waals surface area contributed by atoms with Crippen molar-refractivity contribution in [2.24, 2.45) is 0 Å². The first-order chi connectivity index (χ1) is 13.6. The second-order valence-corrected chi connectivity index (χ2v) is 8.37. The molecule has 2 aromatic rings. The van der Waals surface area contributed by atoms with E-state index in [1.54, 1.807) is 0 Å². The minimum Gasteiger partial charge on any atom is -0.0654 e. The number of rotatable bonds is 11. The van der Waals surface area contributed by atoms with Crippen LogP contribution in [0.1, 0.15) is 98.9 Å². The molecule has 0 unspecified atom stereocenters. The Morgan fingerprint density at radius 2 is 0.929 bits per heavy atom. The highest BCUT2D eigenvalue weighted by molar-refractivity contribution is 5.37. The van der Waals surface area contributed by atoms with Crippen LogP contribution in [0, 0.1) is 27.7 Å². The zero-order valence-corrected chi connectivity index (χ0v) is 19.3. The summed E-state index contributed by atoms with van der Waals surface area (Å²) in [6.45, 7) is 11.0. The van der Waals surface area contributed by atoms with Crippen LogP contribution in [0.4, 0.5) is 0 Å². The van der Waals surface area contributed by atoms with Crippen LogP contribution in [0.2, 0.25) is 0 Å². The van der Waals surface area contributed by atoms with E-state index in [0.717, 1.165) is 0 Å². The molecular weight excluding hydrogens is 336 g/mol. The predicted molar refractivity (Wildman–Crippen MR) is 127 cm³/mol. The molecule has 0 aliphatic heterocycles. The number of benzene rings is 2. The maximum Gasteiger partial charge on any atom is -0.0279 e. The lowest BCUT2D eigenvalue weighted by atomic mass is 10.0. The normalized spacial score (nSPS) is 10.5. The van der Waals surface area contributed by atoms with Gasteiger partial charge in [0, 0.05) is 0 Å². The zero-order chi connectivity index (χ0) is 20.6. The van der Waals surface area contributed by atoms with Crippen LogP contribution in [0.3, 0.4) is 0 Å². The number of aryl methyl sites for hydroxylation is 3. The summed E-state index contributed by atoms with van der Waals surface area (Å²) in [5.41, 5.74) is 7.14. The Bertz CT molecular complexity index is 597. The summed E-state index contributed by atoms with van der Waals surface area (Å²) >= 11 is 0. The van der Waals surface area contributed by atoms with Crippen molar-refractivity contribution in [2.75, 3.05) is 0 Å². The van der Waals surface area contributed by atoms with E-state index in [2.05, 4.69) is 77.1 Å². The van der Waals surface area contributed by atoms with Crippen LogP contribution in [0.5, 0.6) is 0 Å². The molecule has 0 aliphatic rings. The maximum atomic E-state index is 2.28. The fourth-order valence-corrected chi connectivity index (χ4v) is 3.55. The highest BCUT2D eigenvalue weighted by atomic mass is 14.0. The van der Waals surface area contributed by atoms with Gasteiger partial charge in [-0.05, 0) is 68.4 Å². The average Bonchev–Trinajstić information content (AvgIpc) is 2.72. The molecular formula is C28H44. The zero-order valence-electron chi connectivity index (χ0n) is 19.3. The van der Waals surface area contributed by atoms with Gasteiger partial charge in [-0.1, -0.05) is 107 Å². The van der Waals surface area contributed by atoms with E-state index in [-0.39, 0.29) is 0 Å². The maximum absolute atomic E-state index is 2.28. The minimum absolute atomic E-state index is 1.26. The molecule has 0 fully saturated rings. The SMILES string of the molecule is CCCCCCCCCCCCc1ccccc1.Cc1ccc(C)c(C)c1C. The largest absolute Gasteiger partial charge is 0.0654 e. The van der Waals surface area contributed by atoms with Crippen molar-refractivity contribution in [1.82, 2.24) is 0 Å². The Balaban J connectivity index is 0.000000330. The van der Waals surface area contributed by atoms with Crippen LogP contribution in [0.15, 0.2) is 42.5 Å². The van der Waals surface area contributed by atoms with E-state index < -0.39 is 0 Å². The fraction of sp³-hybridized carbons (Fsp3) is 0.571. The van der Waals surface area contributed by atoms with Gasteiger partial charge >= 0.3 is 0 Å². The third kappa shape index (κ3) is 10.7. The Morgan fingerprint density at radius 3 is 1.39 bits per heavy atom. The van der Waals surface area contributed by atoms with Crippen molar-refractivity contribution in [3.05, 3.63) is 70.3 Å². The van der Waals surface area contributed by atoms with E-state index in [4.69, 9.17) is 0 Å². The molecule has 0 saturated heterocycles. The van der Waals surface area contributed by atoms with Crippen molar-refractivity contribution in [3.8, 4) is 0 Å². The lowest BCUT2D eigenvalue weighted by Crippen LogP contribution is -1.88. The monoisotopic (exact) mass is 380 g/mol. The molecule has 0 N–H and O–H groups in total. The summed E-state index contributed by atoms with van der Waals surface area (Å²) in [5.74, 6) is 0. The summed E-state index contributed by atoms with van der Waals surface area (Å²) in [5, 5.41) is 0. The van der Waals surface area contributed by atoms with Crippen LogP contribution in [0.25, 0.3) is 0 Å². The number of unbranched alkanes of at least 4 members (excludes halogenated alkanes) is 9. The van der Waals surface area contributed by atoms with Gasteiger partial charge in [0.05, 0.1) is 0 Å². The summed E-state index contributed by atoms with van der Waals surface area (Å²) in [7, 11) is 0. The van der Waals surface area contributed by atoms with Crippen LogP contribution >= 0.6 is 0 Å². The molecule has 0 radical (unpaired) electrons. The Hall–Kier alpha value is -1.56. The van der Waals surface area contributed by atoms with E-state index in [0.29, 0.717) is 0 Å². The molecule has 28 heavy (non-hydrogen) atoms. The predicted octanol–water partition coefficient (Wildman–Crippen LogP) is 9.07. The van der Waals surface area contributed by atoms with Crippen LogP contribution in [-0.4, -0.2) is 0 Å². The van der Waals surface area contributed by atoms with E-state index in [1.807, 2.05) is 0 Å². The standard InChI is InChI=1S/C18H30.C10H14/c1-2-3-4-5-6-7-8-9-10-12-15-18-16-13-11-14-17-18;1-7-5-6-8(2)10(4)9(7)3/h11,13-14,16-17H,2-10,12,15H2,1H3;5-6H,1-4H3. The van der Waals surface area contributed by atoms with Gasteiger partial charge in [0.15, 0.2) is 0 Å². The molecule has 0 atom stereocenters. The topological polar surface area (TPSA) is 0 Å². The molecule has 2 rings (SSSR count). The second-order valence-electron chi connectivity index (χ2n) is 8.37. The first-order valence-corrected chi connectivity index (χ1v) is 11.6. The van der Waals surface area contributed by atoms with Crippen LogP contribution < -0.4 is 0 Å². The quantitative estimate of drug-likeness (QED) is 0.341. The van der Waals surface area contributed by atoms with Crippen LogP contribution in [-0.2, 0) is 6.42 Å². The molecule has 0 aromatic heterocycles. The highest BCUT2D eigenvalue weighted by Gasteiger charge is 1.97. The first kappa shape index (κ1) is 24.5. The minimum atomic E-state index is 1.26. The number of hydrogen-bond donors (Lipinski definition) is 0. The smallest absolute Gasteiger partial charge is 0.0279 e. The molecule has 2 aromatic carbocycles. The molecule has 0 bridgehead atoms. The Kier molecular flexibility index (Phi) is 13.4. The van der Waals surface area contributed by atoms with Crippen molar-refractivity contribution < 1.29 is 0 Å². The number of hydrogen-bond acceptors (Lipinski definition) is 0. The summed E-state index contributed by atoms with van der Waals surface area (Å²) in [4.78, 5) is 0. The highest BCUT2D eigenvalue weighted by Crippen LogP contribution is 2.15. The van der Waals surface area contributed by atoms with Gasteiger partial charge in [-0.2, -0.15) is 0 Å². The van der Waals surface area contributed by atoms with Gasteiger partial charge < -0.3 is 0 Å². The van der Waals surface area contributed by atoms with Gasteiger partial charge in [0.2, 0.25) is 0 Å². The lowest BCUT2D eigenvalue weighted by Gasteiger charge is -2.06. The molecule has 0 aliphatic carbocycles. The third-order valence-corrected chi connectivity index (χ3v) is 5.99. The van der Waals surface area contributed by atoms with Crippen molar-refractivity contribution >= 4 is 0 Å². The van der Waals surface area contributed by atoms with E-state index in [1.165, 1.54) is 98.4 Å². The molecule has 0 nitrogen and oxygen atoms in total. The second kappa shape index (κ2) is 15.4. The fourth-order valence-electron chi connectivity index (χ4n) is 3.55. The van der Waals surface area contributed by atoms with Gasteiger partial charge in [-0.25, -0.2) is 0 Å². The van der Waals surface area contributed by atoms with Gasteiger partial charge in [-0.15, -0.1) is 0 Å². The summed E-state index contributed by atoms with van der Waals surface area (Å²) < 4.78 is 0. The van der Waals surface area contributed by atoms with Gasteiger partial charge in [0.1, 0.15) is 0 Å². The van der Waals surface area contributed by atoms with E-state index in [9.17, 15) is 0 Å². The van der Waals surface area contributed by atoms with Crippen molar-refractivity contribution in [1.29, 1.82) is 0 Å². The third-order valence-electron chi connectivity index (χ3n) is 5.99. The lowest BCUT2D eigenvalue weighted by molar-refractivity contribution is 0.556. The van der Waals surface area contributed by atoms with Crippen molar-refractivity contribution in [2.45, 2.75) is 105 Å². The van der Waals surface area contributed by atoms with Gasteiger partial charge in [-0.3, -0.25) is 0 Å². The summed E-state index contributed by atoms with van der Waals surface area (Å²) in [6, 6.07) is 15.2. The van der Waals surface area contributed by atoms with E-state index >= 15 is 0 Å². The van der Waals surface area contributed by atoms with Crippen molar-refractivity contribution in [3.63, 3.8) is 0 Å². The summed E-state index contributed by atoms with van der Waals surface area (Å²) in [6.07, 6.45) is 15.5.